The Hall–Kier alpha value is -1.30. The van der Waals surface area contributed by atoms with Gasteiger partial charge in [-0.05, 0) is 40.0 Å². The van der Waals surface area contributed by atoms with Crippen molar-refractivity contribution < 1.29 is 24.2 Å². The fourth-order valence-corrected chi connectivity index (χ4v) is 2.25. The quantitative estimate of drug-likeness (QED) is 0.839. The maximum atomic E-state index is 12.2. The molecular weight excluding hydrogens is 262 g/mol. The Kier molecular flexibility index (Phi) is 5.80. The summed E-state index contributed by atoms with van der Waals surface area (Å²) in [5, 5.41) is 9.45. The van der Waals surface area contributed by atoms with Crippen molar-refractivity contribution in [3.63, 3.8) is 0 Å². The number of nitrogens with zero attached hydrogens (tertiary/aromatic N) is 1. The van der Waals surface area contributed by atoms with Crippen molar-refractivity contribution in [2.24, 2.45) is 0 Å². The van der Waals surface area contributed by atoms with Crippen LogP contribution in [0.15, 0.2) is 0 Å². The smallest absolute Gasteiger partial charge is 0.411 e. The van der Waals surface area contributed by atoms with Crippen LogP contribution < -0.4 is 0 Å². The highest BCUT2D eigenvalue weighted by Crippen LogP contribution is 2.22. The number of rotatable bonds is 5. The highest BCUT2D eigenvalue weighted by Gasteiger charge is 2.40. The minimum atomic E-state index is -1.05. The zero-order valence-electron chi connectivity index (χ0n) is 12.7. The van der Waals surface area contributed by atoms with Gasteiger partial charge in [0.05, 0.1) is 6.10 Å². The number of carbonyl (C=O) groups excluding carboxylic acids is 1. The minimum absolute atomic E-state index is 0.339. The molecule has 1 N–H and O–H groups in total. The zero-order chi connectivity index (χ0) is 15.3. The SMILES string of the molecule is CCCN(C(=O)OC(C)(C)C)C(C(=O)O)C1CCCO1. The van der Waals surface area contributed by atoms with Crippen LogP contribution in [-0.4, -0.2) is 53.0 Å². The molecule has 1 saturated heterocycles. The Balaban J connectivity index is 2.89. The third kappa shape index (κ3) is 4.67. The first-order valence-corrected chi connectivity index (χ1v) is 7.10. The molecule has 6 heteroatoms. The molecule has 0 saturated carbocycles. The second kappa shape index (κ2) is 6.92. The molecule has 0 radical (unpaired) electrons. The summed E-state index contributed by atoms with van der Waals surface area (Å²) in [5.74, 6) is -1.05. The molecule has 1 fully saturated rings. The number of ether oxygens (including phenoxy) is 2. The first-order valence-electron chi connectivity index (χ1n) is 7.10. The van der Waals surface area contributed by atoms with E-state index < -0.39 is 29.8 Å². The predicted octanol–water partition coefficient (Wildman–Crippen LogP) is 2.27. The second-order valence-corrected chi connectivity index (χ2v) is 6.01. The van der Waals surface area contributed by atoms with E-state index in [0.717, 1.165) is 6.42 Å². The number of aliphatic carboxylic acids is 1. The molecule has 1 amide bonds. The lowest BCUT2D eigenvalue weighted by Gasteiger charge is -2.33. The topological polar surface area (TPSA) is 76.1 Å². The average Bonchev–Trinajstić information content (AvgIpc) is 2.79. The molecule has 0 spiro atoms. The van der Waals surface area contributed by atoms with Crippen LogP contribution in [0.25, 0.3) is 0 Å². The Bertz CT molecular complexity index is 344. The molecule has 6 nitrogen and oxygen atoms in total. The van der Waals surface area contributed by atoms with Gasteiger partial charge in [-0.25, -0.2) is 9.59 Å². The summed E-state index contributed by atoms with van der Waals surface area (Å²) in [5.41, 5.74) is -0.650. The lowest BCUT2D eigenvalue weighted by Crippen LogP contribution is -2.53. The highest BCUT2D eigenvalue weighted by molar-refractivity contribution is 5.81. The van der Waals surface area contributed by atoms with Gasteiger partial charge in [0.1, 0.15) is 5.60 Å². The van der Waals surface area contributed by atoms with Crippen molar-refractivity contribution in [3.8, 4) is 0 Å². The molecular formula is C14H25NO5. The molecule has 0 aromatic heterocycles. The van der Waals surface area contributed by atoms with E-state index in [1.165, 1.54) is 4.90 Å². The van der Waals surface area contributed by atoms with Crippen LogP contribution in [-0.2, 0) is 14.3 Å². The standard InChI is InChI=1S/C14H25NO5/c1-5-8-15(13(18)20-14(2,3)4)11(12(16)17)10-7-6-9-19-10/h10-11H,5-9H2,1-4H3,(H,16,17). The van der Waals surface area contributed by atoms with Crippen LogP contribution in [0.4, 0.5) is 4.79 Å². The average molecular weight is 287 g/mol. The lowest BCUT2D eigenvalue weighted by molar-refractivity contribution is -0.148. The number of amides is 1. The fraction of sp³-hybridized carbons (Fsp3) is 0.857. The van der Waals surface area contributed by atoms with Gasteiger partial charge in [-0.15, -0.1) is 0 Å². The molecule has 20 heavy (non-hydrogen) atoms. The number of carboxylic acid groups (broad SMARTS) is 1. The monoisotopic (exact) mass is 287 g/mol. The number of carbonyl (C=O) groups is 2. The van der Waals surface area contributed by atoms with Crippen molar-refractivity contribution >= 4 is 12.1 Å². The van der Waals surface area contributed by atoms with Gasteiger partial charge in [0, 0.05) is 13.2 Å². The van der Waals surface area contributed by atoms with Gasteiger partial charge >= 0.3 is 12.1 Å². The van der Waals surface area contributed by atoms with E-state index >= 15 is 0 Å². The van der Waals surface area contributed by atoms with Crippen LogP contribution in [0, 0.1) is 0 Å². The highest BCUT2D eigenvalue weighted by atomic mass is 16.6. The Morgan fingerprint density at radius 2 is 2.10 bits per heavy atom. The number of hydrogen-bond donors (Lipinski definition) is 1. The third-order valence-electron chi connectivity index (χ3n) is 3.00. The van der Waals surface area contributed by atoms with Crippen molar-refractivity contribution in [1.82, 2.24) is 4.90 Å². The first kappa shape index (κ1) is 16.8. The predicted molar refractivity (Wildman–Crippen MR) is 73.6 cm³/mol. The van der Waals surface area contributed by atoms with Crippen LogP contribution in [0.3, 0.4) is 0 Å². The summed E-state index contributed by atoms with van der Waals surface area (Å²) in [6.07, 6.45) is 1.09. The van der Waals surface area contributed by atoms with E-state index in [0.29, 0.717) is 26.0 Å². The summed E-state index contributed by atoms with van der Waals surface area (Å²) >= 11 is 0. The van der Waals surface area contributed by atoms with Crippen molar-refractivity contribution in [2.45, 2.75) is 64.7 Å². The molecule has 0 aromatic rings. The molecule has 0 aliphatic carbocycles. The number of hydrogen-bond acceptors (Lipinski definition) is 4. The lowest BCUT2D eigenvalue weighted by atomic mass is 10.1. The normalized spacial score (nSPS) is 20.5. The van der Waals surface area contributed by atoms with E-state index in [4.69, 9.17) is 9.47 Å². The molecule has 1 rings (SSSR count). The van der Waals surface area contributed by atoms with Gasteiger partial charge in [-0.2, -0.15) is 0 Å². The molecule has 116 valence electrons. The van der Waals surface area contributed by atoms with Gasteiger partial charge in [-0.1, -0.05) is 6.92 Å². The zero-order valence-corrected chi connectivity index (χ0v) is 12.7. The summed E-state index contributed by atoms with van der Waals surface area (Å²) < 4.78 is 10.8. The maximum absolute atomic E-state index is 12.2. The molecule has 2 unspecified atom stereocenters. The largest absolute Gasteiger partial charge is 0.480 e. The molecule has 1 aliphatic heterocycles. The second-order valence-electron chi connectivity index (χ2n) is 6.01. The summed E-state index contributed by atoms with van der Waals surface area (Å²) in [6, 6.07) is -0.979. The van der Waals surface area contributed by atoms with Crippen LogP contribution >= 0.6 is 0 Å². The van der Waals surface area contributed by atoms with Crippen LogP contribution in [0.2, 0.25) is 0 Å². The van der Waals surface area contributed by atoms with Crippen LogP contribution in [0.5, 0.6) is 0 Å². The molecule has 1 heterocycles. The van der Waals surface area contributed by atoms with Crippen LogP contribution in [0.1, 0.15) is 47.0 Å². The van der Waals surface area contributed by atoms with Gasteiger partial charge in [0.2, 0.25) is 0 Å². The number of carboxylic acids is 1. The van der Waals surface area contributed by atoms with E-state index in [1.807, 2.05) is 6.92 Å². The Morgan fingerprint density at radius 3 is 2.50 bits per heavy atom. The van der Waals surface area contributed by atoms with E-state index in [-0.39, 0.29) is 0 Å². The van der Waals surface area contributed by atoms with Crippen molar-refractivity contribution in [1.29, 1.82) is 0 Å². The summed E-state index contributed by atoms with van der Waals surface area (Å²) in [6.45, 7) is 8.06. The molecule has 1 aliphatic rings. The van der Waals surface area contributed by atoms with Gasteiger partial charge in [0.25, 0.3) is 0 Å². The fourth-order valence-electron chi connectivity index (χ4n) is 2.25. The maximum Gasteiger partial charge on any atom is 0.411 e. The minimum Gasteiger partial charge on any atom is -0.480 e. The van der Waals surface area contributed by atoms with Gasteiger partial charge in [-0.3, -0.25) is 4.90 Å². The Morgan fingerprint density at radius 1 is 1.45 bits per heavy atom. The van der Waals surface area contributed by atoms with Crippen molar-refractivity contribution in [3.05, 3.63) is 0 Å². The van der Waals surface area contributed by atoms with Crippen molar-refractivity contribution in [2.75, 3.05) is 13.2 Å². The molecule has 2 atom stereocenters. The van der Waals surface area contributed by atoms with E-state index in [2.05, 4.69) is 0 Å². The molecule has 0 bridgehead atoms. The molecule has 0 aromatic carbocycles. The summed E-state index contributed by atoms with van der Waals surface area (Å²) in [7, 11) is 0. The van der Waals surface area contributed by atoms with E-state index in [1.54, 1.807) is 20.8 Å². The van der Waals surface area contributed by atoms with Gasteiger partial charge in [0.15, 0.2) is 6.04 Å². The summed E-state index contributed by atoms with van der Waals surface area (Å²) in [4.78, 5) is 25.1. The Labute approximate surface area is 120 Å². The third-order valence-corrected chi connectivity index (χ3v) is 3.00. The van der Waals surface area contributed by atoms with Gasteiger partial charge < -0.3 is 14.6 Å². The first-order chi connectivity index (χ1) is 9.26. The van der Waals surface area contributed by atoms with E-state index in [9.17, 15) is 14.7 Å².